The zero-order chi connectivity index (χ0) is 18.1. The largest absolute Gasteiger partial charge is 0.288 e. The first-order valence-electron chi connectivity index (χ1n) is 8.13. The third-order valence-electron chi connectivity index (χ3n) is 4.26. The molecule has 0 N–H and O–H groups in total. The van der Waals surface area contributed by atoms with Crippen molar-refractivity contribution >= 4 is 34.1 Å². The monoisotopic (exact) mass is 380 g/mol. The Morgan fingerprint density at radius 3 is 2.23 bits per heavy atom. The molecule has 0 saturated carbocycles. The summed E-state index contributed by atoms with van der Waals surface area (Å²) in [6.45, 7) is 0.316. The lowest BCUT2D eigenvalue weighted by molar-refractivity contribution is 0.759. The zero-order valence-electron chi connectivity index (χ0n) is 13.7. The molecule has 4 aromatic rings. The summed E-state index contributed by atoms with van der Waals surface area (Å²) in [7, 11) is 0. The second kappa shape index (κ2) is 6.94. The van der Waals surface area contributed by atoms with Crippen molar-refractivity contribution in [2.24, 2.45) is 0 Å². The molecule has 4 rings (SSSR count). The molecule has 0 unspecified atom stereocenters. The van der Waals surface area contributed by atoms with E-state index in [9.17, 15) is 4.79 Å². The van der Waals surface area contributed by atoms with Crippen LogP contribution in [0.3, 0.4) is 0 Å². The summed E-state index contributed by atoms with van der Waals surface area (Å²) in [5, 5.41) is 1.72. The molecular formula is C21H14Cl2N2O. The fourth-order valence-electron chi connectivity index (χ4n) is 2.96. The summed E-state index contributed by atoms with van der Waals surface area (Å²) in [6, 6.07) is 22.2. The molecule has 0 saturated heterocycles. The van der Waals surface area contributed by atoms with Crippen LogP contribution < -0.4 is 5.56 Å². The quantitative estimate of drug-likeness (QED) is 0.475. The summed E-state index contributed by atoms with van der Waals surface area (Å²) >= 11 is 12.7. The first-order valence-corrected chi connectivity index (χ1v) is 8.88. The van der Waals surface area contributed by atoms with Gasteiger partial charge in [-0.1, -0.05) is 65.7 Å². The molecule has 0 amide bonds. The molecule has 1 heterocycles. The summed E-state index contributed by atoms with van der Waals surface area (Å²) < 4.78 is 1.63. The van der Waals surface area contributed by atoms with Crippen molar-refractivity contribution in [2.75, 3.05) is 0 Å². The molecular weight excluding hydrogens is 367 g/mol. The van der Waals surface area contributed by atoms with E-state index in [1.807, 2.05) is 60.7 Å². The molecule has 0 aliphatic heterocycles. The average molecular weight is 381 g/mol. The number of fused-ring (bicyclic) bond motifs is 1. The molecule has 0 fully saturated rings. The lowest BCUT2D eigenvalue weighted by atomic mass is 10.1. The van der Waals surface area contributed by atoms with E-state index in [1.54, 1.807) is 16.7 Å². The van der Waals surface area contributed by atoms with E-state index in [2.05, 4.69) is 0 Å². The van der Waals surface area contributed by atoms with Crippen molar-refractivity contribution in [3.8, 4) is 11.4 Å². The molecule has 0 aliphatic carbocycles. The van der Waals surface area contributed by atoms with E-state index < -0.39 is 0 Å². The second-order valence-corrected chi connectivity index (χ2v) is 6.73. The van der Waals surface area contributed by atoms with Crippen molar-refractivity contribution in [1.29, 1.82) is 0 Å². The molecule has 26 heavy (non-hydrogen) atoms. The highest BCUT2D eigenvalue weighted by molar-refractivity contribution is 6.33. The first kappa shape index (κ1) is 16.8. The molecule has 3 nitrogen and oxygen atoms in total. The van der Waals surface area contributed by atoms with Crippen LogP contribution in [0.4, 0.5) is 0 Å². The Labute approximate surface area is 160 Å². The van der Waals surface area contributed by atoms with Crippen LogP contribution in [0.15, 0.2) is 77.6 Å². The van der Waals surface area contributed by atoms with Gasteiger partial charge in [-0.2, -0.15) is 0 Å². The smallest absolute Gasteiger partial charge is 0.261 e. The van der Waals surface area contributed by atoms with Crippen LogP contribution in [-0.4, -0.2) is 9.55 Å². The van der Waals surface area contributed by atoms with Crippen LogP contribution in [0.5, 0.6) is 0 Å². The lowest BCUT2D eigenvalue weighted by Gasteiger charge is -2.15. The van der Waals surface area contributed by atoms with Crippen LogP contribution in [0.1, 0.15) is 5.56 Å². The molecule has 3 aromatic carbocycles. The third-order valence-corrected chi connectivity index (χ3v) is 4.96. The van der Waals surface area contributed by atoms with Crippen molar-refractivity contribution in [2.45, 2.75) is 6.54 Å². The average Bonchev–Trinajstić information content (AvgIpc) is 2.66. The van der Waals surface area contributed by atoms with Gasteiger partial charge >= 0.3 is 0 Å². The Morgan fingerprint density at radius 1 is 0.808 bits per heavy atom. The van der Waals surface area contributed by atoms with E-state index >= 15 is 0 Å². The number of aromatic nitrogens is 2. The van der Waals surface area contributed by atoms with Crippen LogP contribution in [0.2, 0.25) is 10.0 Å². The Morgan fingerprint density at radius 2 is 1.46 bits per heavy atom. The van der Waals surface area contributed by atoms with Gasteiger partial charge in [-0.05, 0) is 35.9 Å². The Bertz CT molecular complexity index is 1170. The van der Waals surface area contributed by atoms with Gasteiger partial charge < -0.3 is 0 Å². The number of nitrogens with zero attached hydrogens (tertiary/aromatic N) is 2. The minimum atomic E-state index is -0.120. The maximum Gasteiger partial charge on any atom is 0.261 e. The Kier molecular flexibility index (Phi) is 4.49. The van der Waals surface area contributed by atoms with E-state index in [1.165, 1.54) is 0 Å². The molecule has 0 aliphatic rings. The first-order chi connectivity index (χ1) is 12.6. The van der Waals surface area contributed by atoms with Crippen LogP contribution in [0.25, 0.3) is 22.3 Å². The molecule has 0 bridgehead atoms. The molecule has 5 heteroatoms. The fraction of sp³-hybridized carbons (Fsp3) is 0.0476. The molecule has 1 aromatic heterocycles. The number of hydrogen-bond acceptors (Lipinski definition) is 2. The lowest BCUT2D eigenvalue weighted by Crippen LogP contribution is -2.24. The van der Waals surface area contributed by atoms with Crippen LogP contribution in [-0.2, 0) is 6.54 Å². The van der Waals surface area contributed by atoms with Crippen molar-refractivity contribution < 1.29 is 0 Å². The summed E-state index contributed by atoms with van der Waals surface area (Å²) in [4.78, 5) is 17.9. The van der Waals surface area contributed by atoms with Gasteiger partial charge in [0.05, 0.1) is 22.5 Å². The van der Waals surface area contributed by atoms with Gasteiger partial charge in [0.2, 0.25) is 0 Å². The number of hydrogen-bond donors (Lipinski definition) is 0. The minimum absolute atomic E-state index is 0.120. The van der Waals surface area contributed by atoms with Crippen LogP contribution in [0, 0.1) is 0 Å². The number of para-hydroxylation sites is 1. The standard InChI is InChI=1S/C21H14Cl2N2O/c22-17-10-4-1-7-14(17)13-25-20(15-8-2-5-11-18(15)23)24-19-12-6-3-9-16(19)21(25)26/h1-12H,13H2. The van der Waals surface area contributed by atoms with E-state index in [4.69, 9.17) is 28.2 Å². The normalized spacial score (nSPS) is 11.0. The van der Waals surface area contributed by atoms with Gasteiger partial charge in [0, 0.05) is 10.6 Å². The Balaban J connectivity index is 2.02. The van der Waals surface area contributed by atoms with Gasteiger partial charge in [-0.15, -0.1) is 0 Å². The highest BCUT2D eigenvalue weighted by Gasteiger charge is 2.15. The van der Waals surface area contributed by atoms with Gasteiger partial charge in [0.15, 0.2) is 0 Å². The summed E-state index contributed by atoms with van der Waals surface area (Å²) in [5.74, 6) is 0.527. The highest BCUT2D eigenvalue weighted by Crippen LogP contribution is 2.27. The third kappa shape index (κ3) is 3.00. The highest BCUT2D eigenvalue weighted by atomic mass is 35.5. The molecule has 0 spiro atoms. The van der Waals surface area contributed by atoms with E-state index in [0.717, 1.165) is 5.56 Å². The molecule has 128 valence electrons. The molecule has 0 radical (unpaired) electrons. The predicted molar refractivity (Wildman–Crippen MR) is 107 cm³/mol. The van der Waals surface area contributed by atoms with Crippen molar-refractivity contribution in [3.05, 3.63) is 98.8 Å². The maximum atomic E-state index is 13.2. The Hall–Kier alpha value is -2.62. The fourth-order valence-corrected chi connectivity index (χ4v) is 3.38. The van der Waals surface area contributed by atoms with Gasteiger partial charge in [-0.3, -0.25) is 9.36 Å². The van der Waals surface area contributed by atoms with Crippen molar-refractivity contribution in [3.63, 3.8) is 0 Å². The summed E-state index contributed by atoms with van der Waals surface area (Å²) in [5.41, 5.74) is 2.08. The SMILES string of the molecule is O=c1c2ccccc2nc(-c2ccccc2Cl)n1Cc1ccccc1Cl. The van der Waals surface area contributed by atoms with Gasteiger partial charge in [0.25, 0.3) is 5.56 Å². The number of halogens is 2. The second-order valence-electron chi connectivity index (χ2n) is 5.92. The maximum absolute atomic E-state index is 13.2. The molecule has 0 atom stereocenters. The van der Waals surface area contributed by atoms with Gasteiger partial charge in [-0.25, -0.2) is 4.98 Å². The predicted octanol–water partition coefficient (Wildman–Crippen LogP) is 5.42. The number of benzene rings is 3. The van der Waals surface area contributed by atoms with E-state index in [-0.39, 0.29) is 5.56 Å². The van der Waals surface area contributed by atoms with Crippen LogP contribution >= 0.6 is 23.2 Å². The van der Waals surface area contributed by atoms with Gasteiger partial charge in [0.1, 0.15) is 5.82 Å². The van der Waals surface area contributed by atoms with E-state index in [0.29, 0.717) is 38.9 Å². The zero-order valence-corrected chi connectivity index (χ0v) is 15.2. The topological polar surface area (TPSA) is 34.9 Å². The minimum Gasteiger partial charge on any atom is -0.288 e. The number of rotatable bonds is 3. The van der Waals surface area contributed by atoms with Crippen molar-refractivity contribution in [1.82, 2.24) is 9.55 Å². The summed E-state index contributed by atoms with van der Waals surface area (Å²) in [6.07, 6.45) is 0.